The number of nitrogens with two attached hydrogens (primary N) is 1. The van der Waals surface area contributed by atoms with E-state index in [0.29, 0.717) is 11.9 Å². The van der Waals surface area contributed by atoms with E-state index < -0.39 is 0 Å². The van der Waals surface area contributed by atoms with Crippen molar-refractivity contribution in [2.75, 3.05) is 25.4 Å². The molecule has 3 rings (SSSR count). The van der Waals surface area contributed by atoms with E-state index in [1.807, 2.05) is 12.1 Å². The molecule has 1 aliphatic heterocycles. The van der Waals surface area contributed by atoms with Crippen LogP contribution >= 0.6 is 11.3 Å². The number of hydrogen-bond acceptors (Lipinski definition) is 5. The van der Waals surface area contributed by atoms with Gasteiger partial charge >= 0.3 is 0 Å². The summed E-state index contributed by atoms with van der Waals surface area (Å²) in [5.41, 5.74) is 8.36. The van der Waals surface area contributed by atoms with Crippen LogP contribution in [0.5, 0.6) is 0 Å². The Balaban J connectivity index is 1.49. The summed E-state index contributed by atoms with van der Waals surface area (Å²) in [5.74, 6) is 0.594. The van der Waals surface area contributed by atoms with Gasteiger partial charge in [-0.25, -0.2) is 4.98 Å². The largest absolute Gasteiger partial charge is 0.384 e. The first kappa shape index (κ1) is 14.5. The molecule has 3 heterocycles. The minimum absolute atomic E-state index is 0.312. The van der Waals surface area contributed by atoms with Crippen molar-refractivity contribution in [3.05, 3.63) is 46.3 Å². The van der Waals surface area contributed by atoms with E-state index in [1.165, 1.54) is 11.1 Å². The van der Waals surface area contributed by atoms with Gasteiger partial charge in [-0.2, -0.15) is 11.3 Å². The number of nitrogen functional groups attached to an aromatic ring is 1. The van der Waals surface area contributed by atoms with Crippen LogP contribution in [0, 0.1) is 0 Å². The summed E-state index contributed by atoms with van der Waals surface area (Å²) >= 11 is 1.76. The summed E-state index contributed by atoms with van der Waals surface area (Å²) in [7, 11) is 0. The Hall–Kier alpha value is -1.43. The van der Waals surface area contributed by atoms with Crippen molar-refractivity contribution >= 4 is 17.2 Å². The molecule has 1 atom stereocenters. The van der Waals surface area contributed by atoms with Crippen LogP contribution in [0.2, 0.25) is 0 Å². The second kappa shape index (κ2) is 7.02. The molecule has 0 amide bonds. The Bertz CT molecular complexity index is 558. The highest BCUT2D eigenvalue weighted by Crippen LogP contribution is 2.16. The fourth-order valence-electron chi connectivity index (χ4n) is 2.72. The van der Waals surface area contributed by atoms with Crippen LogP contribution in [-0.2, 0) is 17.7 Å². The molecule has 0 saturated carbocycles. The number of pyridine rings is 1. The number of nitrogens with zero attached hydrogens (tertiary/aromatic N) is 2. The van der Waals surface area contributed by atoms with Crippen LogP contribution in [0.4, 0.5) is 5.82 Å². The number of aromatic nitrogens is 1. The average Bonchev–Trinajstić information content (AvgIpc) is 2.99. The Morgan fingerprint density at radius 3 is 3.14 bits per heavy atom. The lowest BCUT2D eigenvalue weighted by Gasteiger charge is -2.32. The molecule has 0 aliphatic carbocycles. The van der Waals surface area contributed by atoms with Gasteiger partial charge in [-0.1, -0.05) is 0 Å². The third-order valence-corrected chi connectivity index (χ3v) is 4.54. The summed E-state index contributed by atoms with van der Waals surface area (Å²) in [6, 6.07) is 6.18. The molecule has 112 valence electrons. The lowest BCUT2D eigenvalue weighted by molar-refractivity contribution is -0.0345. The molecule has 1 fully saturated rings. The number of aryl methyl sites for hydroxylation is 1. The molecule has 2 N–H and O–H groups in total. The van der Waals surface area contributed by atoms with Crippen LogP contribution in [0.25, 0.3) is 0 Å². The molecule has 21 heavy (non-hydrogen) atoms. The maximum atomic E-state index is 5.89. The smallest absolute Gasteiger partial charge is 0.123 e. The molecule has 0 radical (unpaired) electrons. The Morgan fingerprint density at radius 2 is 2.33 bits per heavy atom. The molecule has 1 aliphatic rings. The SMILES string of the molecule is Nc1cc(CC[C@@H]2CN(Cc3ccsc3)CCO2)ccn1. The molecule has 1 saturated heterocycles. The molecule has 0 unspecified atom stereocenters. The van der Waals surface area contributed by atoms with E-state index in [9.17, 15) is 0 Å². The zero-order valence-electron chi connectivity index (χ0n) is 12.1. The zero-order chi connectivity index (χ0) is 14.5. The quantitative estimate of drug-likeness (QED) is 0.922. The number of morpholine rings is 1. The number of thiophene rings is 1. The first-order chi connectivity index (χ1) is 10.3. The van der Waals surface area contributed by atoms with Crippen LogP contribution in [0.3, 0.4) is 0 Å². The van der Waals surface area contributed by atoms with Crippen molar-refractivity contribution in [1.82, 2.24) is 9.88 Å². The fraction of sp³-hybridized carbons (Fsp3) is 0.438. The van der Waals surface area contributed by atoms with Crippen molar-refractivity contribution in [3.8, 4) is 0 Å². The number of anilines is 1. The van der Waals surface area contributed by atoms with Gasteiger partial charge in [-0.15, -0.1) is 0 Å². The van der Waals surface area contributed by atoms with Gasteiger partial charge in [-0.05, 0) is 52.9 Å². The molecule has 4 nitrogen and oxygen atoms in total. The van der Waals surface area contributed by atoms with Crippen molar-refractivity contribution in [1.29, 1.82) is 0 Å². The van der Waals surface area contributed by atoms with Gasteiger partial charge < -0.3 is 10.5 Å². The van der Waals surface area contributed by atoms with E-state index >= 15 is 0 Å². The lowest BCUT2D eigenvalue weighted by atomic mass is 10.1. The maximum absolute atomic E-state index is 5.89. The number of ether oxygens (including phenoxy) is 1. The van der Waals surface area contributed by atoms with Crippen molar-refractivity contribution < 1.29 is 4.74 Å². The van der Waals surface area contributed by atoms with Crippen molar-refractivity contribution in [3.63, 3.8) is 0 Å². The highest BCUT2D eigenvalue weighted by Gasteiger charge is 2.20. The van der Waals surface area contributed by atoms with Gasteiger partial charge in [0.25, 0.3) is 0 Å². The van der Waals surface area contributed by atoms with Gasteiger partial charge in [0.2, 0.25) is 0 Å². The zero-order valence-corrected chi connectivity index (χ0v) is 12.9. The second-order valence-corrected chi connectivity index (χ2v) is 6.27. The van der Waals surface area contributed by atoms with Gasteiger partial charge in [0, 0.05) is 25.8 Å². The Morgan fingerprint density at radius 1 is 1.38 bits per heavy atom. The van der Waals surface area contributed by atoms with Gasteiger partial charge in [0.05, 0.1) is 12.7 Å². The summed E-state index contributed by atoms with van der Waals surface area (Å²) in [6.45, 7) is 3.89. The van der Waals surface area contributed by atoms with Crippen LogP contribution in [-0.4, -0.2) is 35.7 Å². The highest BCUT2D eigenvalue weighted by molar-refractivity contribution is 7.07. The van der Waals surface area contributed by atoms with E-state index in [2.05, 4.69) is 26.7 Å². The highest BCUT2D eigenvalue weighted by atomic mass is 32.1. The van der Waals surface area contributed by atoms with Crippen LogP contribution in [0.1, 0.15) is 17.5 Å². The molecule has 5 heteroatoms. The molecule has 0 bridgehead atoms. The fourth-order valence-corrected chi connectivity index (χ4v) is 3.38. The lowest BCUT2D eigenvalue weighted by Crippen LogP contribution is -2.42. The summed E-state index contributed by atoms with van der Waals surface area (Å²) in [6.07, 6.45) is 4.11. The van der Waals surface area contributed by atoms with E-state index in [4.69, 9.17) is 10.5 Å². The second-order valence-electron chi connectivity index (χ2n) is 5.49. The summed E-state index contributed by atoms with van der Waals surface area (Å²) < 4.78 is 5.89. The predicted octanol–water partition coefficient (Wildman–Crippen LogP) is 2.56. The first-order valence-corrected chi connectivity index (χ1v) is 8.29. The maximum Gasteiger partial charge on any atom is 0.123 e. The van der Waals surface area contributed by atoms with E-state index in [-0.39, 0.29) is 0 Å². The third-order valence-electron chi connectivity index (χ3n) is 3.81. The normalized spacial score (nSPS) is 19.7. The first-order valence-electron chi connectivity index (χ1n) is 7.35. The van der Waals surface area contributed by atoms with Gasteiger partial charge in [-0.3, -0.25) is 4.90 Å². The molecule has 0 aromatic carbocycles. The third kappa shape index (κ3) is 4.27. The standard InChI is InChI=1S/C16H21N3OS/c17-16-9-13(3-5-18-16)1-2-15-11-19(6-7-20-15)10-14-4-8-21-12-14/h3-5,8-9,12,15H,1-2,6-7,10-11H2,(H2,17,18)/t15-/m1/s1. The summed E-state index contributed by atoms with van der Waals surface area (Å²) in [4.78, 5) is 6.51. The predicted molar refractivity (Wildman–Crippen MR) is 86.3 cm³/mol. The number of rotatable bonds is 5. The Labute approximate surface area is 129 Å². The van der Waals surface area contributed by atoms with Crippen LogP contribution < -0.4 is 5.73 Å². The molecule has 2 aromatic rings. The molecular formula is C16H21N3OS. The number of hydrogen-bond donors (Lipinski definition) is 1. The van der Waals surface area contributed by atoms with Gasteiger partial charge in [0.1, 0.15) is 5.82 Å². The van der Waals surface area contributed by atoms with Gasteiger partial charge in [0.15, 0.2) is 0 Å². The van der Waals surface area contributed by atoms with Crippen molar-refractivity contribution in [2.45, 2.75) is 25.5 Å². The topological polar surface area (TPSA) is 51.4 Å². The molecule has 0 spiro atoms. The minimum atomic E-state index is 0.312. The summed E-state index contributed by atoms with van der Waals surface area (Å²) in [5, 5.41) is 4.37. The van der Waals surface area contributed by atoms with Crippen molar-refractivity contribution in [2.24, 2.45) is 0 Å². The monoisotopic (exact) mass is 303 g/mol. The molecular weight excluding hydrogens is 282 g/mol. The van der Waals surface area contributed by atoms with E-state index in [1.54, 1.807) is 17.5 Å². The van der Waals surface area contributed by atoms with Crippen LogP contribution in [0.15, 0.2) is 35.2 Å². The van der Waals surface area contributed by atoms with E-state index in [0.717, 1.165) is 39.1 Å². The Kier molecular flexibility index (Phi) is 4.85. The average molecular weight is 303 g/mol. The molecule has 2 aromatic heterocycles. The minimum Gasteiger partial charge on any atom is -0.384 e.